The molecule has 3 aromatic carbocycles. The first-order valence-electron chi connectivity index (χ1n) is 16.3. The zero-order chi connectivity index (χ0) is 35.4. The van der Waals surface area contributed by atoms with E-state index in [-0.39, 0.29) is 35.2 Å². The van der Waals surface area contributed by atoms with Crippen molar-refractivity contribution in [2.24, 2.45) is 0 Å². The minimum absolute atomic E-state index is 0.0278. The van der Waals surface area contributed by atoms with Crippen LogP contribution in [-0.4, -0.2) is 50.9 Å². The van der Waals surface area contributed by atoms with Gasteiger partial charge in [0.1, 0.15) is 12.2 Å². The predicted molar refractivity (Wildman–Crippen MR) is 184 cm³/mol. The van der Waals surface area contributed by atoms with Gasteiger partial charge in [-0.2, -0.15) is 13.2 Å². The van der Waals surface area contributed by atoms with Crippen molar-refractivity contribution in [3.05, 3.63) is 130 Å². The number of hydrogen-bond acceptors (Lipinski definition) is 5. The van der Waals surface area contributed by atoms with Crippen LogP contribution in [0, 0.1) is 11.6 Å². The first kappa shape index (κ1) is 35.3. The molecule has 260 valence electrons. The number of fused-ring (bicyclic) bond motifs is 1. The van der Waals surface area contributed by atoms with Crippen LogP contribution in [-0.2, 0) is 29.8 Å². The second-order valence-electron chi connectivity index (χ2n) is 12.3. The van der Waals surface area contributed by atoms with Gasteiger partial charge in [-0.25, -0.2) is 13.8 Å². The largest absolute Gasteiger partial charge is 0.416 e. The Hall–Kier alpha value is -4.55. The van der Waals surface area contributed by atoms with Crippen LogP contribution in [0.25, 0.3) is 22.2 Å². The number of piperidine rings is 1. The molecule has 50 heavy (non-hydrogen) atoms. The highest BCUT2D eigenvalue weighted by Crippen LogP contribution is 2.32. The number of pyridine rings is 2. The normalized spacial score (nSPS) is 14.3. The lowest BCUT2D eigenvalue weighted by molar-refractivity contribution is -0.137. The number of nitrogens with zero attached hydrogens (tertiary/aromatic N) is 4. The van der Waals surface area contributed by atoms with Gasteiger partial charge in [0.25, 0.3) is 0 Å². The van der Waals surface area contributed by atoms with Crippen LogP contribution in [0.4, 0.5) is 22.0 Å². The summed E-state index contributed by atoms with van der Waals surface area (Å²) in [6.45, 7) is 4.84. The summed E-state index contributed by atoms with van der Waals surface area (Å²) in [4.78, 5) is 36.1. The third-order valence-corrected chi connectivity index (χ3v) is 10.2. The molecule has 6 rings (SSSR count). The van der Waals surface area contributed by atoms with Crippen molar-refractivity contribution >= 4 is 28.7 Å². The third-order valence-electron chi connectivity index (χ3n) is 9.15. The van der Waals surface area contributed by atoms with Gasteiger partial charge in [0, 0.05) is 49.3 Å². The number of benzene rings is 3. The van der Waals surface area contributed by atoms with Gasteiger partial charge in [-0.05, 0) is 66.4 Å². The Balaban J connectivity index is 1.29. The topological polar surface area (TPSA) is 58.4 Å². The van der Waals surface area contributed by atoms with Gasteiger partial charge in [-0.15, -0.1) is 11.8 Å². The predicted octanol–water partition coefficient (Wildman–Crippen LogP) is 8.17. The zero-order valence-corrected chi connectivity index (χ0v) is 28.1. The van der Waals surface area contributed by atoms with Crippen molar-refractivity contribution in [3.63, 3.8) is 0 Å². The van der Waals surface area contributed by atoms with Crippen LogP contribution in [0.1, 0.15) is 36.5 Å². The average Bonchev–Trinajstić information content (AvgIpc) is 3.12. The van der Waals surface area contributed by atoms with E-state index in [0.717, 1.165) is 73.6 Å². The molecule has 1 saturated heterocycles. The standard InChI is InChI=1S/C38H35F5N4O2S/c1-2-45-19-16-30(17-20-45)46(22-25-8-10-26(11-9-25)27-12-14-29(15-13-27)38(41,42)43)34(49)23-47-35(21-33(48)31-6-4-18-44-37(31)47)50-24-28-5-3-7-32(39)36(28)40/h3-15,18,21,30H,2,16-17,19-20,22-24H2,1H3. The molecule has 0 bridgehead atoms. The minimum Gasteiger partial charge on any atom is -0.334 e. The number of thioether (sulfide) groups is 1. The number of rotatable bonds is 10. The lowest BCUT2D eigenvalue weighted by atomic mass is 10.00. The molecule has 0 atom stereocenters. The molecule has 5 aromatic rings. The number of carbonyl (C=O) groups is 1. The van der Waals surface area contributed by atoms with Crippen molar-refractivity contribution in [1.29, 1.82) is 0 Å². The summed E-state index contributed by atoms with van der Waals surface area (Å²) in [6.07, 6.45) is -1.33. The molecule has 0 spiro atoms. The van der Waals surface area contributed by atoms with E-state index in [2.05, 4.69) is 16.8 Å². The molecule has 6 nitrogen and oxygen atoms in total. The van der Waals surface area contributed by atoms with Crippen molar-refractivity contribution in [3.8, 4) is 11.1 Å². The first-order chi connectivity index (χ1) is 24.0. The fourth-order valence-corrected chi connectivity index (χ4v) is 7.33. The van der Waals surface area contributed by atoms with E-state index < -0.39 is 23.4 Å². The SMILES string of the molecule is CCN1CCC(N(Cc2ccc(-c3ccc(C(F)(F)F)cc3)cc2)C(=O)Cn2c(SCc3cccc(F)c3F)cc(=O)c3cccnc32)CC1. The molecule has 0 radical (unpaired) electrons. The summed E-state index contributed by atoms with van der Waals surface area (Å²) in [6, 6.07) is 21.0. The highest BCUT2D eigenvalue weighted by atomic mass is 32.2. The molecule has 0 aliphatic carbocycles. The maximum absolute atomic E-state index is 14.5. The van der Waals surface area contributed by atoms with Crippen LogP contribution in [0.3, 0.4) is 0 Å². The monoisotopic (exact) mass is 706 g/mol. The number of amides is 1. The third kappa shape index (κ3) is 7.92. The molecular formula is C38H35F5N4O2S. The fraction of sp³-hybridized carbons (Fsp3) is 0.289. The molecule has 0 saturated carbocycles. The average molecular weight is 707 g/mol. The molecule has 0 N–H and O–H groups in total. The Morgan fingerprint density at radius 3 is 2.28 bits per heavy atom. The summed E-state index contributed by atoms with van der Waals surface area (Å²) in [7, 11) is 0. The first-order valence-corrected chi connectivity index (χ1v) is 17.3. The van der Waals surface area contributed by atoms with Gasteiger partial charge in [-0.1, -0.05) is 55.5 Å². The van der Waals surface area contributed by atoms with Gasteiger partial charge in [-0.3, -0.25) is 9.59 Å². The van der Waals surface area contributed by atoms with E-state index in [1.165, 1.54) is 30.3 Å². The molecule has 12 heteroatoms. The van der Waals surface area contributed by atoms with E-state index in [9.17, 15) is 31.5 Å². The van der Waals surface area contributed by atoms with Crippen molar-refractivity contribution < 1.29 is 26.7 Å². The van der Waals surface area contributed by atoms with Crippen LogP contribution in [0.15, 0.2) is 101 Å². The Bertz CT molecular complexity index is 2030. The minimum atomic E-state index is -4.41. The summed E-state index contributed by atoms with van der Waals surface area (Å²) in [5.41, 5.74) is 1.68. The van der Waals surface area contributed by atoms with E-state index in [1.54, 1.807) is 22.9 Å². The quantitative estimate of drug-likeness (QED) is 0.108. The summed E-state index contributed by atoms with van der Waals surface area (Å²) >= 11 is 1.13. The van der Waals surface area contributed by atoms with Crippen molar-refractivity contribution in [2.75, 3.05) is 19.6 Å². The molecule has 2 aromatic heterocycles. The van der Waals surface area contributed by atoms with Gasteiger partial charge in [0.2, 0.25) is 5.91 Å². The summed E-state index contributed by atoms with van der Waals surface area (Å²) in [5, 5.41) is 0.739. The molecule has 1 aliphatic heterocycles. The Morgan fingerprint density at radius 1 is 0.940 bits per heavy atom. The van der Waals surface area contributed by atoms with Crippen LogP contribution >= 0.6 is 11.8 Å². The van der Waals surface area contributed by atoms with Gasteiger partial charge in [0.15, 0.2) is 17.1 Å². The van der Waals surface area contributed by atoms with Crippen LogP contribution in [0.2, 0.25) is 0 Å². The maximum atomic E-state index is 14.5. The number of carbonyl (C=O) groups excluding carboxylic acids is 1. The van der Waals surface area contributed by atoms with Gasteiger partial charge < -0.3 is 14.4 Å². The van der Waals surface area contributed by atoms with Crippen LogP contribution in [0.5, 0.6) is 0 Å². The van der Waals surface area contributed by atoms with Crippen molar-refractivity contribution in [2.45, 2.75) is 55.9 Å². The fourth-order valence-electron chi connectivity index (χ4n) is 6.31. The van der Waals surface area contributed by atoms with Crippen LogP contribution < -0.4 is 5.43 Å². The second-order valence-corrected chi connectivity index (χ2v) is 13.3. The zero-order valence-electron chi connectivity index (χ0n) is 27.3. The molecular weight excluding hydrogens is 672 g/mol. The number of alkyl halides is 3. The van der Waals surface area contributed by atoms with Crippen molar-refractivity contribution in [1.82, 2.24) is 19.4 Å². The summed E-state index contributed by atoms with van der Waals surface area (Å²) < 4.78 is 69.3. The maximum Gasteiger partial charge on any atom is 0.416 e. The Kier molecular flexibility index (Phi) is 10.7. The molecule has 1 amide bonds. The van der Waals surface area contributed by atoms with E-state index in [0.29, 0.717) is 28.2 Å². The molecule has 1 fully saturated rings. The molecule has 0 unspecified atom stereocenters. The Labute approximate surface area is 290 Å². The van der Waals surface area contributed by atoms with E-state index in [1.807, 2.05) is 29.2 Å². The summed E-state index contributed by atoms with van der Waals surface area (Å²) in [5.74, 6) is -2.09. The lowest BCUT2D eigenvalue weighted by Gasteiger charge is -2.38. The smallest absolute Gasteiger partial charge is 0.334 e. The van der Waals surface area contributed by atoms with Gasteiger partial charge in [0.05, 0.1) is 16.0 Å². The highest BCUT2D eigenvalue weighted by molar-refractivity contribution is 7.98. The Morgan fingerprint density at radius 2 is 1.62 bits per heavy atom. The highest BCUT2D eigenvalue weighted by Gasteiger charge is 2.31. The number of likely N-dealkylation sites (tertiary alicyclic amines) is 1. The number of halogens is 5. The second kappa shape index (κ2) is 15.1. The molecule has 1 aliphatic rings. The number of aromatic nitrogens is 2. The van der Waals surface area contributed by atoms with Gasteiger partial charge >= 0.3 is 6.18 Å². The lowest BCUT2D eigenvalue weighted by Crippen LogP contribution is -2.48. The molecule has 3 heterocycles. The van der Waals surface area contributed by atoms with E-state index in [4.69, 9.17) is 0 Å². The van der Waals surface area contributed by atoms with E-state index >= 15 is 0 Å². The number of hydrogen-bond donors (Lipinski definition) is 0.